The Morgan fingerprint density at radius 3 is 2.50 bits per heavy atom. The maximum atomic E-state index is 11.5. The summed E-state index contributed by atoms with van der Waals surface area (Å²) in [4.78, 5) is 11.5. The molecule has 0 saturated heterocycles. The SMILES string of the molecule is Cc1cc(Br)ccc1C1C(C)(C)[C@@]1(C#N)C(=O)O. The fraction of sp³-hybridized carbons (Fsp3) is 0.429. The van der Waals surface area contributed by atoms with Crippen LogP contribution in [0.15, 0.2) is 22.7 Å². The second-order valence-corrected chi connectivity index (χ2v) is 6.30. The molecule has 2 atom stereocenters. The number of nitrogens with zero attached hydrogens (tertiary/aromatic N) is 1. The van der Waals surface area contributed by atoms with Crippen LogP contribution >= 0.6 is 15.9 Å². The first kappa shape index (κ1) is 13.1. The zero-order valence-corrected chi connectivity index (χ0v) is 12.1. The van der Waals surface area contributed by atoms with Crippen LogP contribution in [0.3, 0.4) is 0 Å². The molecular weight excluding hydrogens is 294 g/mol. The molecule has 1 aromatic rings. The van der Waals surface area contributed by atoms with Crippen molar-refractivity contribution in [3.8, 4) is 6.07 Å². The van der Waals surface area contributed by atoms with E-state index in [0.717, 1.165) is 15.6 Å². The van der Waals surface area contributed by atoms with Crippen LogP contribution in [0.2, 0.25) is 0 Å². The zero-order chi connectivity index (χ0) is 13.7. The van der Waals surface area contributed by atoms with E-state index in [4.69, 9.17) is 0 Å². The van der Waals surface area contributed by atoms with E-state index in [1.165, 1.54) is 0 Å². The summed E-state index contributed by atoms with van der Waals surface area (Å²) in [5, 5.41) is 18.7. The molecule has 0 radical (unpaired) electrons. The molecule has 1 unspecified atom stereocenters. The molecule has 0 amide bonds. The van der Waals surface area contributed by atoms with E-state index in [9.17, 15) is 15.2 Å². The number of hydrogen-bond donors (Lipinski definition) is 1. The van der Waals surface area contributed by atoms with E-state index in [-0.39, 0.29) is 5.92 Å². The van der Waals surface area contributed by atoms with Gasteiger partial charge in [0.05, 0.1) is 6.07 Å². The van der Waals surface area contributed by atoms with E-state index < -0.39 is 16.8 Å². The molecule has 0 spiro atoms. The highest BCUT2D eigenvalue weighted by Crippen LogP contribution is 2.74. The molecule has 0 bridgehead atoms. The average molecular weight is 308 g/mol. The van der Waals surface area contributed by atoms with Crippen LogP contribution in [0.25, 0.3) is 0 Å². The van der Waals surface area contributed by atoms with Crippen LogP contribution < -0.4 is 0 Å². The minimum atomic E-state index is -1.30. The summed E-state index contributed by atoms with van der Waals surface area (Å²) in [5.74, 6) is -1.28. The van der Waals surface area contributed by atoms with Crippen LogP contribution in [-0.2, 0) is 4.79 Å². The Kier molecular flexibility index (Phi) is 2.78. The van der Waals surface area contributed by atoms with Crippen molar-refractivity contribution in [3.05, 3.63) is 33.8 Å². The number of benzene rings is 1. The van der Waals surface area contributed by atoms with Gasteiger partial charge >= 0.3 is 5.97 Å². The molecule has 1 fully saturated rings. The number of rotatable bonds is 2. The lowest BCUT2D eigenvalue weighted by Crippen LogP contribution is -2.19. The summed E-state index contributed by atoms with van der Waals surface area (Å²) >= 11 is 3.39. The molecule has 94 valence electrons. The number of aliphatic carboxylic acids is 1. The Balaban J connectivity index is 2.55. The molecule has 0 aliphatic heterocycles. The Morgan fingerprint density at radius 2 is 2.11 bits per heavy atom. The fourth-order valence-corrected chi connectivity index (χ4v) is 3.48. The second-order valence-electron chi connectivity index (χ2n) is 5.38. The van der Waals surface area contributed by atoms with Crippen molar-refractivity contribution >= 4 is 21.9 Å². The summed E-state index contributed by atoms with van der Waals surface area (Å²) < 4.78 is 0.958. The Morgan fingerprint density at radius 1 is 1.50 bits per heavy atom. The summed E-state index contributed by atoms with van der Waals surface area (Å²) in [6, 6.07) is 7.77. The highest BCUT2D eigenvalue weighted by Gasteiger charge is 2.77. The third-order valence-electron chi connectivity index (χ3n) is 4.14. The maximum Gasteiger partial charge on any atom is 0.325 e. The van der Waals surface area contributed by atoms with Crippen molar-refractivity contribution < 1.29 is 9.90 Å². The van der Waals surface area contributed by atoms with E-state index in [1.54, 1.807) is 0 Å². The topological polar surface area (TPSA) is 61.1 Å². The van der Waals surface area contributed by atoms with Crippen LogP contribution in [0.5, 0.6) is 0 Å². The molecule has 1 aromatic carbocycles. The molecule has 4 heteroatoms. The molecule has 1 aliphatic carbocycles. The van der Waals surface area contributed by atoms with Crippen LogP contribution in [0.4, 0.5) is 0 Å². The minimum Gasteiger partial charge on any atom is -0.480 e. The Labute approximate surface area is 115 Å². The van der Waals surface area contributed by atoms with E-state index in [0.29, 0.717) is 0 Å². The lowest BCUT2D eigenvalue weighted by Gasteiger charge is -2.07. The number of carboxylic acids is 1. The smallest absolute Gasteiger partial charge is 0.325 e. The van der Waals surface area contributed by atoms with Gasteiger partial charge in [-0.2, -0.15) is 5.26 Å². The van der Waals surface area contributed by atoms with Crippen LogP contribution in [-0.4, -0.2) is 11.1 Å². The number of carboxylic acid groups (broad SMARTS) is 1. The van der Waals surface area contributed by atoms with Crippen molar-refractivity contribution in [2.24, 2.45) is 10.8 Å². The molecule has 3 nitrogen and oxygen atoms in total. The highest BCUT2D eigenvalue weighted by atomic mass is 79.9. The standard InChI is InChI=1S/C14H14BrNO2/c1-8-6-9(15)4-5-10(8)11-13(2,3)14(11,7-16)12(17)18/h4-6,11H,1-3H3,(H,17,18)/t11?,14-/m1/s1. The number of hydrogen-bond acceptors (Lipinski definition) is 2. The lowest BCUT2D eigenvalue weighted by molar-refractivity contribution is -0.142. The lowest BCUT2D eigenvalue weighted by atomic mass is 9.97. The van der Waals surface area contributed by atoms with Crippen molar-refractivity contribution in [3.63, 3.8) is 0 Å². The molecule has 18 heavy (non-hydrogen) atoms. The predicted octanol–water partition coefficient (Wildman–Crippen LogP) is 3.48. The molecule has 0 aromatic heterocycles. The van der Waals surface area contributed by atoms with Gasteiger partial charge in [0.1, 0.15) is 0 Å². The number of nitriles is 1. The van der Waals surface area contributed by atoms with E-state index in [1.807, 2.05) is 45.0 Å². The maximum absolute atomic E-state index is 11.5. The molecule has 0 heterocycles. The third kappa shape index (κ3) is 1.44. The summed E-state index contributed by atoms with van der Waals surface area (Å²) in [6.45, 7) is 5.63. The van der Waals surface area contributed by atoms with Gasteiger partial charge < -0.3 is 5.11 Å². The van der Waals surface area contributed by atoms with Crippen LogP contribution in [0, 0.1) is 29.1 Å². The highest BCUT2D eigenvalue weighted by molar-refractivity contribution is 9.10. The van der Waals surface area contributed by atoms with Crippen LogP contribution in [0.1, 0.15) is 30.9 Å². The predicted molar refractivity (Wildman–Crippen MR) is 71.1 cm³/mol. The average Bonchev–Trinajstić information content (AvgIpc) is 2.76. The van der Waals surface area contributed by atoms with Gasteiger partial charge in [-0.1, -0.05) is 35.8 Å². The van der Waals surface area contributed by atoms with Gasteiger partial charge in [-0.15, -0.1) is 0 Å². The Bertz CT molecular complexity index is 574. The first-order valence-electron chi connectivity index (χ1n) is 5.69. The summed E-state index contributed by atoms with van der Waals surface area (Å²) in [7, 11) is 0. The number of halogens is 1. The van der Waals surface area contributed by atoms with E-state index >= 15 is 0 Å². The molecular formula is C14H14BrNO2. The molecule has 2 rings (SSSR count). The number of carbonyl (C=O) groups is 1. The first-order chi connectivity index (χ1) is 8.29. The first-order valence-corrected chi connectivity index (χ1v) is 6.49. The molecule has 1 N–H and O–H groups in total. The molecule has 1 aliphatic rings. The molecule has 1 saturated carbocycles. The van der Waals surface area contributed by atoms with Crippen molar-refractivity contribution in [2.75, 3.05) is 0 Å². The van der Waals surface area contributed by atoms with Gasteiger partial charge in [0, 0.05) is 15.8 Å². The number of aryl methyl sites for hydroxylation is 1. The second kappa shape index (κ2) is 3.83. The van der Waals surface area contributed by atoms with E-state index in [2.05, 4.69) is 15.9 Å². The van der Waals surface area contributed by atoms with Gasteiger partial charge in [-0.25, -0.2) is 0 Å². The van der Waals surface area contributed by atoms with Gasteiger partial charge in [-0.3, -0.25) is 4.79 Å². The quantitative estimate of drug-likeness (QED) is 0.910. The van der Waals surface area contributed by atoms with Crippen molar-refractivity contribution in [2.45, 2.75) is 26.7 Å². The Hall–Kier alpha value is -1.34. The minimum absolute atomic E-state index is 0.249. The summed E-state index contributed by atoms with van der Waals surface area (Å²) in [5.41, 5.74) is 0.130. The van der Waals surface area contributed by atoms with Gasteiger partial charge in [0.15, 0.2) is 5.41 Å². The van der Waals surface area contributed by atoms with Crippen molar-refractivity contribution in [1.82, 2.24) is 0 Å². The van der Waals surface area contributed by atoms with Crippen molar-refractivity contribution in [1.29, 1.82) is 5.26 Å². The van der Waals surface area contributed by atoms with Gasteiger partial charge in [-0.05, 0) is 30.2 Å². The zero-order valence-electron chi connectivity index (χ0n) is 10.5. The van der Waals surface area contributed by atoms with Gasteiger partial charge in [0.2, 0.25) is 0 Å². The summed E-state index contributed by atoms with van der Waals surface area (Å²) in [6.07, 6.45) is 0. The monoisotopic (exact) mass is 307 g/mol. The largest absolute Gasteiger partial charge is 0.480 e. The normalized spacial score (nSPS) is 28.5. The fourth-order valence-electron chi connectivity index (χ4n) is 3.00. The van der Waals surface area contributed by atoms with Gasteiger partial charge in [0.25, 0.3) is 0 Å². The third-order valence-corrected chi connectivity index (χ3v) is 4.64.